The van der Waals surface area contributed by atoms with Crippen LogP contribution in [0.1, 0.15) is 16.7 Å². The topological polar surface area (TPSA) is 82.0 Å². The third-order valence-corrected chi connectivity index (χ3v) is 3.49. The van der Waals surface area contributed by atoms with Crippen LogP contribution in [0.2, 0.25) is 0 Å². The summed E-state index contributed by atoms with van der Waals surface area (Å²) in [5, 5.41) is 31.8. The number of aromatic hydroxyl groups is 3. The van der Waals surface area contributed by atoms with E-state index in [9.17, 15) is 15.3 Å². The highest BCUT2D eigenvalue weighted by Gasteiger charge is 2.12. The van der Waals surface area contributed by atoms with E-state index in [1.807, 2.05) is 26.0 Å². The lowest BCUT2D eigenvalue weighted by atomic mass is 10.1. The van der Waals surface area contributed by atoms with E-state index in [0.29, 0.717) is 12.1 Å². The molecule has 0 heterocycles. The zero-order valence-corrected chi connectivity index (χ0v) is 12.3. The van der Waals surface area contributed by atoms with Crippen molar-refractivity contribution >= 4 is 5.69 Å². The first kappa shape index (κ1) is 14.8. The van der Waals surface area contributed by atoms with Gasteiger partial charge in [-0.2, -0.15) is 0 Å². The first-order valence-corrected chi connectivity index (χ1v) is 6.56. The van der Waals surface area contributed by atoms with E-state index in [1.54, 1.807) is 13.2 Å². The molecule has 0 aromatic heterocycles. The van der Waals surface area contributed by atoms with Gasteiger partial charge in [0.05, 0.1) is 7.11 Å². The quantitative estimate of drug-likeness (QED) is 0.650. The molecule has 0 saturated carbocycles. The van der Waals surface area contributed by atoms with E-state index in [1.165, 1.54) is 6.07 Å². The highest BCUT2D eigenvalue weighted by Crippen LogP contribution is 2.37. The van der Waals surface area contributed by atoms with Crippen LogP contribution in [-0.4, -0.2) is 22.4 Å². The zero-order valence-electron chi connectivity index (χ0n) is 12.3. The predicted octanol–water partition coefficient (Wildman–Crippen LogP) is 3.04. The van der Waals surface area contributed by atoms with Gasteiger partial charge in [-0.15, -0.1) is 0 Å². The van der Waals surface area contributed by atoms with E-state index in [-0.39, 0.29) is 11.5 Å². The van der Waals surface area contributed by atoms with Crippen LogP contribution in [0, 0.1) is 13.8 Å². The monoisotopic (exact) mass is 289 g/mol. The van der Waals surface area contributed by atoms with Crippen LogP contribution >= 0.6 is 0 Å². The number of methoxy groups -OCH3 is 1. The van der Waals surface area contributed by atoms with Gasteiger partial charge in [0.1, 0.15) is 5.75 Å². The standard InChI is InChI=1S/C16H19NO4/c1-9-4-6-12(10(2)16(9)21-3)17-8-11-5-7-13(18)15(20)14(11)19/h4-7,17-20H,8H2,1-3H3. The lowest BCUT2D eigenvalue weighted by molar-refractivity contribution is 0.365. The number of hydrogen-bond acceptors (Lipinski definition) is 5. The Hall–Kier alpha value is -2.56. The molecule has 2 aromatic carbocycles. The predicted molar refractivity (Wildman–Crippen MR) is 81.2 cm³/mol. The van der Waals surface area contributed by atoms with Gasteiger partial charge in [-0.25, -0.2) is 0 Å². The molecule has 0 fully saturated rings. The van der Waals surface area contributed by atoms with E-state index in [4.69, 9.17) is 4.74 Å². The maximum atomic E-state index is 9.80. The fourth-order valence-corrected chi connectivity index (χ4v) is 2.28. The number of anilines is 1. The van der Waals surface area contributed by atoms with Crippen LogP contribution in [0.25, 0.3) is 0 Å². The van der Waals surface area contributed by atoms with Crippen LogP contribution in [0.4, 0.5) is 5.69 Å². The lowest BCUT2D eigenvalue weighted by Crippen LogP contribution is -2.03. The maximum absolute atomic E-state index is 9.80. The number of benzene rings is 2. The molecular formula is C16H19NO4. The highest BCUT2D eigenvalue weighted by molar-refractivity contribution is 5.61. The summed E-state index contributed by atoms with van der Waals surface area (Å²) < 4.78 is 5.36. The molecule has 2 aromatic rings. The number of phenolic OH excluding ortho intramolecular Hbond substituents is 3. The Bertz CT molecular complexity index is 668. The minimum Gasteiger partial charge on any atom is -0.504 e. The molecule has 5 nitrogen and oxygen atoms in total. The van der Waals surface area contributed by atoms with Gasteiger partial charge in [-0.3, -0.25) is 0 Å². The summed E-state index contributed by atoms with van der Waals surface area (Å²) in [4.78, 5) is 0. The van der Waals surface area contributed by atoms with E-state index < -0.39 is 5.75 Å². The van der Waals surface area contributed by atoms with Gasteiger partial charge in [0.25, 0.3) is 0 Å². The fraction of sp³-hybridized carbons (Fsp3) is 0.250. The summed E-state index contributed by atoms with van der Waals surface area (Å²) in [6, 6.07) is 6.78. The zero-order chi connectivity index (χ0) is 15.6. The van der Waals surface area contributed by atoms with E-state index >= 15 is 0 Å². The van der Waals surface area contributed by atoms with Crippen molar-refractivity contribution in [3.63, 3.8) is 0 Å². The van der Waals surface area contributed by atoms with Gasteiger partial charge in [0.2, 0.25) is 5.75 Å². The summed E-state index contributed by atoms with van der Waals surface area (Å²) in [5.74, 6) is -0.353. The lowest BCUT2D eigenvalue weighted by Gasteiger charge is -2.15. The van der Waals surface area contributed by atoms with Crippen molar-refractivity contribution in [3.8, 4) is 23.0 Å². The largest absolute Gasteiger partial charge is 0.504 e. The van der Waals surface area contributed by atoms with Crippen LogP contribution < -0.4 is 10.1 Å². The second-order valence-electron chi connectivity index (χ2n) is 4.88. The average molecular weight is 289 g/mol. The molecule has 2 rings (SSSR count). The Labute approximate surface area is 123 Å². The van der Waals surface area contributed by atoms with Crippen molar-refractivity contribution in [3.05, 3.63) is 41.0 Å². The molecule has 0 amide bonds. The molecule has 0 spiro atoms. The Morgan fingerprint density at radius 1 is 1.00 bits per heavy atom. The number of ether oxygens (including phenoxy) is 1. The van der Waals surface area contributed by atoms with Crippen LogP contribution in [0.5, 0.6) is 23.0 Å². The van der Waals surface area contributed by atoms with Gasteiger partial charge in [0.15, 0.2) is 11.5 Å². The van der Waals surface area contributed by atoms with Crippen LogP contribution in [-0.2, 0) is 6.54 Å². The van der Waals surface area contributed by atoms with Gasteiger partial charge in [0, 0.05) is 23.4 Å². The van der Waals surface area contributed by atoms with Gasteiger partial charge in [-0.05, 0) is 37.6 Å². The molecule has 0 unspecified atom stereocenters. The Balaban J connectivity index is 2.23. The Morgan fingerprint density at radius 2 is 1.71 bits per heavy atom. The first-order chi connectivity index (χ1) is 9.95. The van der Waals surface area contributed by atoms with Crippen molar-refractivity contribution in [2.24, 2.45) is 0 Å². The second kappa shape index (κ2) is 5.83. The van der Waals surface area contributed by atoms with Crippen molar-refractivity contribution in [2.45, 2.75) is 20.4 Å². The minimum absolute atomic E-state index is 0.312. The number of phenols is 3. The summed E-state index contributed by atoms with van der Waals surface area (Å²) >= 11 is 0. The van der Waals surface area contributed by atoms with E-state index in [0.717, 1.165) is 22.6 Å². The summed E-state index contributed by atoms with van der Waals surface area (Å²) in [7, 11) is 1.63. The van der Waals surface area contributed by atoms with Crippen LogP contribution in [0.3, 0.4) is 0 Å². The van der Waals surface area contributed by atoms with E-state index in [2.05, 4.69) is 5.32 Å². The Morgan fingerprint density at radius 3 is 2.38 bits per heavy atom. The average Bonchev–Trinajstić information content (AvgIpc) is 2.46. The molecule has 0 radical (unpaired) electrons. The summed E-state index contributed by atoms with van der Waals surface area (Å²) in [5.41, 5.74) is 3.39. The number of hydrogen-bond donors (Lipinski definition) is 4. The smallest absolute Gasteiger partial charge is 0.200 e. The molecule has 21 heavy (non-hydrogen) atoms. The number of rotatable bonds is 4. The Kier molecular flexibility index (Phi) is 4.12. The van der Waals surface area contributed by atoms with Crippen molar-refractivity contribution in [1.82, 2.24) is 0 Å². The molecule has 0 saturated heterocycles. The van der Waals surface area contributed by atoms with Crippen molar-refractivity contribution in [2.75, 3.05) is 12.4 Å². The molecule has 5 heteroatoms. The van der Waals surface area contributed by atoms with Crippen molar-refractivity contribution in [1.29, 1.82) is 0 Å². The molecule has 0 bridgehead atoms. The molecule has 0 aliphatic carbocycles. The third kappa shape index (κ3) is 2.81. The number of nitrogens with one attached hydrogen (secondary N) is 1. The first-order valence-electron chi connectivity index (χ1n) is 6.56. The van der Waals surface area contributed by atoms with Crippen molar-refractivity contribution < 1.29 is 20.1 Å². The van der Waals surface area contributed by atoms with Gasteiger partial charge >= 0.3 is 0 Å². The van der Waals surface area contributed by atoms with Gasteiger partial charge < -0.3 is 25.4 Å². The minimum atomic E-state index is -0.507. The number of aryl methyl sites for hydroxylation is 1. The molecule has 112 valence electrons. The molecule has 4 N–H and O–H groups in total. The highest BCUT2D eigenvalue weighted by atomic mass is 16.5. The maximum Gasteiger partial charge on any atom is 0.200 e. The SMILES string of the molecule is COc1c(C)ccc(NCc2ccc(O)c(O)c2O)c1C. The molecular weight excluding hydrogens is 270 g/mol. The fourth-order valence-electron chi connectivity index (χ4n) is 2.28. The normalized spacial score (nSPS) is 10.4. The molecule has 0 aliphatic rings. The van der Waals surface area contributed by atoms with Gasteiger partial charge in [-0.1, -0.05) is 6.07 Å². The third-order valence-electron chi connectivity index (χ3n) is 3.49. The second-order valence-corrected chi connectivity index (χ2v) is 4.88. The summed E-state index contributed by atoms with van der Waals surface area (Å²) in [6.07, 6.45) is 0. The van der Waals surface area contributed by atoms with Crippen LogP contribution in [0.15, 0.2) is 24.3 Å². The molecule has 0 aliphatic heterocycles. The molecule has 0 atom stereocenters. The summed E-state index contributed by atoms with van der Waals surface area (Å²) in [6.45, 7) is 4.23.